The predicted octanol–water partition coefficient (Wildman–Crippen LogP) is 2.29. The molecule has 5 N–H and O–H groups in total. The lowest BCUT2D eigenvalue weighted by Gasteiger charge is -2.27. The minimum absolute atomic E-state index is 0.0160. The summed E-state index contributed by atoms with van der Waals surface area (Å²) in [4.78, 5) is 42.1. The second-order valence-corrected chi connectivity index (χ2v) is 6.17. The largest absolute Gasteiger partial charge is 0.478 e. The van der Waals surface area contributed by atoms with Crippen molar-refractivity contribution in [2.45, 2.75) is 33.6 Å². The normalized spacial score (nSPS) is 10.1. The van der Waals surface area contributed by atoms with Gasteiger partial charge in [-0.2, -0.15) is 0 Å². The molecule has 0 fully saturated rings. The molecule has 0 aliphatic heterocycles. The Bertz CT molecular complexity index is 672. The SMILES string of the molecule is CC(=O)Oc1ccccc1C(=O)O.CCCC(C)(COC(N)=O)COC(N)=O. The first-order chi connectivity index (χ1) is 13.0. The Balaban J connectivity index is 0.000000525. The molecular weight excluding hydrogens is 372 g/mol. The number of amides is 2. The highest BCUT2D eigenvalue weighted by molar-refractivity contribution is 5.91. The first-order valence-corrected chi connectivity index (χ1v) is 8.36. The van der Waals surface area contributed by atoms with E-state index < -0.39 is 29.5 Å². The van der Waals surface area contributed by atoms with Gasteiger partial charge in [-0.3, -0.25) is 4.79 Å². The molecule has 2 amide bonds. The van der Waals surface area contributed by atoms with Crippen molar-refractivity contribution in [2.75, 3.05) is 13.2 Å². The maximum atomic E-state index is 10.6. The second kappa shape index (κ2) is 12.2. The summed E-state index contributed by atoms with van der Waals surface area (Å²) in [6.45, 7) is 5.26. The maximum absolute atomic E-state index is 10.6. The van der Waals surface area contributed by atoms with Crippen LogP contribution in [0, 0.1) is 5.41 Å². The third-order valence-corrected chi connectivity index (χ3v) is 3.35. The van der Waals surface area contributed by atoms with E-state index in [4.69, 9.17) is 26.0 Å². The zero-order valence-corrected chi connectivity index (χ0v) is 16.1. The van der Waals surface area contributed by atoms with Gasteiger partial charge in [0.25, 0.3) is 0 Å². The van der Waals surface area contributed by atoms with Gasteiger partial charge in [-0.25, -0.2) is 14.4 Å². The lowest BCUT2D eigenvalue weighted by molar-refractivity contribution is -0.131. The summed E-state index contributed by atoms with van der Waals surface area (Å²) in [6.07, 6.45) is -0.0540. The standard InChI is InChI=1S/C9H18N2O4.C9H8O4/c1-3-4-9(2,5-14-7(10)12)6-15-8(11)13;1-6(10)13-8-5-3-2-4-7(8)9(11)12/h3-6H2,1-2H3,(H2,10,12)(H2,11,13);2-5H,1H3,(H,11,12). The number of primary amides is 2. The number of carbonyl (C=O) groups excluding carboxylic acids is 3. The van der Waals surface area contributed by atoms with Gasteiger partial charge >= 0.3 is 24.1 Å². The van der Waals surface area contributed by atoms with Crippen molar-refractivity contribution in [2.24, 2.45) is 16.9 Å². The molecule has 0 radical (unpaired) electrons. The predicted molar refractivity (Wildman–Crippen MR) is 98.8 cm³/mol. The average Bonchev–Trinajstić information content (AvgIpc) is 2.59. The van der Waals surface area contributed by atoms with Crippen LogP contribution in [0.2, 0.25) is 0 Å². The smallest absolute Gasteiger partial charge is 0.404 e. The van der Waals surface area contributed by atoms with Crippen LogP contribution in [0.15, 0.2) is 24.3 Å². The molecule has 0 spiro atoms. The Morgan fingerprint density at radius 2 is 1.54 bits per heavy atom. The highest BCUT2D eigenvalue weighted by Gasteiger charge is 2.26. The van der Waals surface area contributed by atoms with Gasteiger partial charge in [-0.1, -0.05) is 32.4 Å². The number of aromatic carboxylic acids is 1. The molecule has 0 aliphatic carbocycles. The third kappa shape index (κ3) is 10.6. The quantitative estimate of drug-likeness (QED) is 0.442. The van der Waals surface area contributed by atoms with Crippen LogP contribution in [-0.4, -0.2) is 42.4 Å². The Labute approximate surface area is 162 Å². The Morgan fingerprint density at radius 1 is 1.04 bits per heavy atom. The van der Waals surface area contributed by atoms with Crippen LogP contribution in [-0.2, 0) is 14.3 Å². The summed E-state index contributed by atoms with van der Waals surface area (Å²) in [7, 11) is 0. The number of para-hydroxylation sites is 1. The Morgan fingerprint density at radius 3 is 1.93 bits per heavy atom. The van der Waals surface area contributed by atoms with Crippen molar-refractivity contribution in [3.8, 4) is 5.75 Å². The number of nitrogens with two attached hydrogens (primary N) is 2. The average molecular weight is 398 g/mol. The van der Waals surface area contributed by atoms with E-state index in [2.05, 4.69) is 4.74 Å². The van der Waals surface area contributed by atoms with E-state index in [9.17, 15) is 19.2 Å². The number of hydrogen-bond acceptors (Lipinski definition) is 7. The molecule has 0 atom stereocenters. The van der Waals surface area contributed by atoms with Crippen LogP contribution in [0.5, 0.6) is 5.75 Å². The topological polar surface area (TPSA) is 168 Å². The lowest BCUT2D eigenvalue weighted by Crippen LogP contribution is -2.33. The van der Waals surface area contributed by atoms with Crippen molar-refractivity contribution in [1.29, 1.82) is 0 Å². The molecular formula is C18H26N2O8. The molecule has 0 bridgehead atoms. The van der Waals surface area contributed by atoms with Gasteiger partial charge in [0.1, 0.15) is 24.5 Å². The number of rotatable bonds is 8. The third-order valence-electron chi connectivity index (χ3n) is 3.35. The molecule has 1 aromatic carbocycles. The molecule has 0 saturated heterocycles. The number of hydrogen-bond donors (Lipinski definition) is 3. The minimum Gasteiger partial charge on any atom is -0.478 e. The van der Waals surface area contributed by atoms with Crippen LogP contribution in [0.3, 0.4) is 0 Å². The van der Waals surface area contributed by atoms with E-state index in [1.165, 1.54) is 19.1 Å². The van der Waals surface area contributed by atoms with Crippen LogP contribution >= 0.6 is 0 Å². The summed E-state index contributed by atoms with van der Waals surface area (Å²) in [6, 6.07) is 5.98. The van der Waals surface area contributed by atoms with Crippen molar-refractivity contribution in [3.05, 3.63) is 29.8 Å². The van der Waals surface area contributed by atoms with Gasteiger partial charge < -0.3 is 30.8 Å². The monoisotopic (exact) mass is 398 g/mol. The van der Waals surface area contributed by atoms with Crippen LogP contribution in [0.4, 0.5) is 9.59 Å². The van der Waals surface area contributed by atoms with Crippen molar-refractivity contribution in [1.82, 2.24) is 0 Å². The van der Waals surface area contributed by atoms with Crippen LogP contribution < -0.4 is 16.2 Å². The molecule has 0 aromatic heterocycles. The first-order valence-electron chi connectivity index (χ1n) is 8.36. The summed E-state index contributed by atoms with van der Waals surface area (Å²) < 4.78 is 14.1. The van der Waals surface area contributed by atoms with E-state index in [0.29, 0.717) is 0 Å². The summed E-state index contributed by atoms with van der Waals surface area (Å²) in [5.74, 6) is -1.58. The van der Waals surface area contributed by atoms with Gasteiger partial charge in [0.15, 0.2) is 0 Å². The molecule has 0 aliphatic rings. The fourth-order valence-electron chi connectivity index (χ4n) is 2.17. The molecule has 28 heavy (non-hydrogen) atoms. The van der Waals surface area contributed by atoms with E-state index in [1.807, 2.05) is 13.8 Å². The van der Waals surface area contributed by atoms with Crippen molar-refractivity contribution >= 4 is 24.1 Å². The zero-order chi connectivity index (χ0) is 21.7. The van der Waals surface area contributed by atoms with Crippen molar-refractivity contribution in [3.63, 3.8) is 0 Å². The first kappa shape index (κ1) is 24.7. The molecule has 10 heteroatoms. The van der Waals surface area contributed by atoms with Crippen molar-refractivity contribution < 1.29 is 38.5 Å². The van der Waals surface area contributed by atoms with Gasteiger partial charge in [-0.05, 0) is 18.6 Å². The van der Waals surface area contributed by atoms with Crippen LogP contribution in [0.25, 0.3) is 0 Å². The number of ether oxygens (including phenoxy) is 3. The fraction of sp³-hybridized carbons (Fsp3) is 0.444. The Hall–Kier alpha value is -3.30. The van der Waals surface area contributed by atoms with E-state index >= 15 is 0 Å². The molecule has 1 rings (SSSR count). The number of carboxylic acid groups (broad SMARTS) is 1. The molecule has 10 nitrogen and oxygen atoms in total. The molecule has 0 heterocycles. The van der Waals surface area contributed by atoms with E-state index in [0.717, 1.165) is 12.8 Å². The molecule has 1 aromatic rings. The number of esters is 1. The highest BCUT2D eigenvalue weighted by atomic mass is 16.6. The Kier molecular flexibility index (Phi) is 10.7. The summed E-state index contributed by atoms with van der Waals surface area (Å²) in [5, 5.41) is 8.69. The zero-order valence-electron chi connectivity index (χ0n) is 16.1. The van der Waals surface area contributed by atoms with Gasteiger partial charge in [0.05, 0.1) is 0 Å². The second-order valence-electron chi connectivity index (χ2n) is 6.17. The van der Waals surface area contributed by atoms with Gasteiger partial charge in [0.2, 0.25) is 0 Å². The lowest BCUT2D eigenvalue weighted by atomic mass is 9.87. The van der Waals surface area contributed by atoms with Gasteiger partial charge in [0, 0.05) is 12.3 Å². The number of carboxylic acids is 1. The molecule has 156 valence electrons. The van der Waals surface area contributed by atoms with Crippen LogP contribution in [0.1, 0.15) is 44.0 Å². The summed E-state index contributed by atoms with van der Waals surface area (Å²) >= 11 is 0. The van der Waals surface area contributed by atoms with Gasteiger partial charge in [-0.15, -0.1) is 0 Å². The van der Waals surface area contributed by atoms with E-state index in [1.54, 1.807) is 12.1 Å². The minimum atomic E-state index is -1.11. The molecule has 0 unspecified atom stereocenters. The number of benzene rings is 1. The molecule has 0 saturated carbocycles. The fourth-order valence-corrected chi connectivity index (χ4v) is 2.17. The summed E-state index contributed by atoms with van der Waals surface area (Å²) in [5.41, 5.74) is 9.27. The highest BCUT2D eigenvalue weighted by Crippen LogP contribution is 2.24. The van der Waals surface area contributed by atoms with E-state index in [-0.39, 0.29) is 24.5 Å². The number of carbonyl (C=O) groups is 4. The maximum Gasteiger partial charge on any atom is 0.404 e.